The summed E-state index contributed by atoms with van der Waals surface area (Å²) in [7, 11) is 1.67. The molecule has 2 atom stereocenters. The Labute approximate surface area is 129 Å². The number of likely N-dealkylation sites (N-methyl/N-ethyl adjacent to an activating group) is 1. The molecule has 0 bridgehead atoms. The van der Waals surface area contributed by atoms with E-state index in [9.17, 15) is 9.59 Å². The number of thiophene rings is 1. The molecule has 1 fully saturated rings. The zero-order valence-corrected chi connectivity index (χ0v) is 13.4. The van der Waals surface area contributed by atoms with Crippen LogP contribution in [-0.4, -0.2) is 54.3 Å². The van der Waals surface area contributed by atoms with Crippen LogP contribution in [0.5, 0.6) is 0 Å². The maximum absolute atomic E-state index is 12.4. The highest BCUT2D eigenvalue weighted by Crippen LogP contribution is 2.22. The summed E-state index contributed by atoms with van der Waals surface area (Å²) in [5.41, 5.74) is 5.79. The molecule has 0 aromatic carbocycles. The van der Waals surface area contributed by atoms with Crippen LogP contribution < -0.4 is 5.73 Å². The van der Waals surface area contributed by atoms with Gasteiger partial charge in [0.2, 0.25) is 5.91 Å². The summed E-state index contributed by atoms with van der Waals surface area (Å²) in [6.45, 7) is 3.53. The van der Waals surface area contributed by atoms with Crippen LogP contribution in [-0.2, 0) is 4.79 Å². The molecule has 0 saturated carbocycles. The summed E-state index contributed by atoms with van der Waals surface area (Å²) in [5.74, 6) is 0.492. The highest BCUT2D eigenvalue weighted by molar-refractivity contribution is 7.12. The molecule has 2 N–H and O–H groups in total. The van der Waals surface area contributed by atoms with E-state index in [0.717, 1.165) is 19.4 Å². The van der Waals surface area contributed by atoms with Gasteiger partial charge in [0.1, 0.15) is 0 Å². The van der Waals surface area contributed by atoms with Gasteiger partial charge in [-0.2, -0.15) is 0 Å². The minimum Gasteiger partial charge on any atom is -0.337 e. The van der Waals surface area contributed by atoms with Gasteiger partial charge in [-0.15, -0.1) is 11.3 Å². The van der Waals surface area contributed by atoms with Crippen LogP contribution in [0.2, 0.25) is 0 Å². The summed E-state index contributed by atoms with van der Waals surface area (Å²) >= 11 is 1.39. The number of amides is 2. The predicted octanol–water partition coefficient (Wildman–Crippen LogP) is 1.41. The Balaban J connectivity index is 1.95. The predicted molar refractivity (Wildman–Crippen MR) is 84.2 cm³/mol. The Bertz CT molecular complexity index is 489. The topological polar surface area (TPSA) is 66.6 Å². The first-order chi connectivity index (χ1) is 10.0. The van der Waals surface area contributed by atoms with Crippen LogP contribution in [0.3, 0.4) is 0 Å². The molecule has 2 unspecified atom stereocenters. The monoisotopic (exact) mass is 309 g/mol. The standard InChI is InChI=1S/C15H23N3O2S/c1-11-5-6-18(12(8-11)9-16)14(19)10-17(2)15(20)13-4-3-7-21-13/h3-4,7,11-12H,5-6,8-10,16H2,1-2H3. The van der Waals surface area contributed by atoms with E-state index in [1.807, 2.05) is 16.3 Å². The van der Waals surface area contributed by atoms with Crippen LogP contribution in [0.4, 0.5) is 0 Å². The lowest BCUT2D eigenvalue weighted by Crippen LogP contribution is -2.52. The highest BCUT2D eigenvalue weighted by Gasteiger charge is 2.30. The number of carbonyl (C=O) groups is 2. The first kappa shape index (κ1) is 16.0. The lowest BCUT2D eigenvalue weighted by molar-refractivity contribution is -0.135. The molecule has 5 nitrogen and oxygen atoms in total. The minimum atomic E-state index is -0.104. The molecular formula is C15H23N3O2S. The third-order valence-electron chi connectivity index (χ3n) is 4.02. The van der Waals surface area contributed by atoms with E-state index in [1.165, 1.54) is 16.2 Å². The molecule has 116 valence electrons. The Kier molecular flexibility index (Phi) is 5.36. The van der Waals surface area contributed by atoms with E-state index in [2.05, 4.69) is 6.92 Å². The normalized spacial score (nSPS) is 22.1. The smallest absolute Gasteiger partial charge is 0.264 e. The van der Waals surface area contributed by atoms with Crippen LogP contribution in [0.15, 0.2) is 17.5 Å². The molecule has 0 aliphatic carbocycles. The van der Waals surface area contributed by atoms with Gasteiger partial charge in [0, 0.05) is 26.2 Å². The quantitative estimate of drug-likeness (QED) is 0.914. The first-order valence-corrected chi connectivity index (χ1v) is 8.19. The van der Waals surface area contributed by atoms with Crippen molar-refractivity contribution < 1.29 is 9.59 Å². The van der Waals surface area contributed by atoms with Gasteiger partial charge in [0.15, 0.2) is 0 Å². The Morgan fingerprint density at radius 3 is 2.90 bits per heavy atom. The second kappa shape index (κ2) is 7.04. The van der Waals surface area contributed by atoms with E-state index in [4.69, 9.17) is 5.73 Å². The lowest BCUT2D eigenvalue weighted by atomic mass is 9.92. The number of hydrogen-bond donors (Lipinski definition) is 1. The van der Waals surface area contributed by atoms with Crippen molar-refractivity contribution in [3.63, 3.8) is 0 Å². The molecule has 2 amide bonds. The van der Waals surface area contributed by atoms with Crippen molar-refractivity contribution in [2.24, 2.45) is 11.7 Å². The van der Waals surface area contributed by atoms with Gasteiger partial charge >= 0.3 is 0 Å². The van der Waals surface area contributed by atoms with Crippen molar-refractivity contribution in [1.29, 1.82) is 0 Å². The Morgan fingerprint density at radius 2 is 2.29 bits per heavy atom. The number of carbonyl (C=O) groups excluding carboxylic acids is 2. The van der Waals surface area contributed by atoms with Gasteiger partial charge in [-0.1, -0.05) is 13.0 Å². The maximum Gasteiger partial charge on any atom is 0.264 e. The van der Waals surface area contributed by atoms with E-state index in [-0.39, 0.29) is 24.4 Å². The number of piperidine rings is 1. The summed E-state index contributed by atoms with van der Waals surface area (Å²) in [6, 6.07) is 3.72. The Morgan fingerprint density at radius 1 is 1.52 bits per heavy atom. The van der Waals surface area contributed by atoms with E-state index in [1.54, 1.807) is 13.1 Å². The zero-order chi connectivity index (χ0) is 15.4. The third kappa shape index (κ3) is 3.83. The molecule has 1 aromatic heterocycles. The molecular weight excluding hydrogens is 286 g/mol. The van der Waals surface area contributed by atoms with Gasteiger partial charge in [0.05, 0.1) is 11.4 Å². The van der Waals surface area contributed by atoms with Crippen molar-refractivity contribution in [2.45, 2.75) is 25.8 Å². The van der Waals surface area contributed by atoms with Crippen molar-refractivity contribution >= 4 is 23.2 Å². The van der Waals surface area contributed by atoms with Crippen LogP contribution in [0.1, 0.15) is 29.4 Å². The SMILES string of the molecule is CC1CCN(C(=O)CN(C)C(=O)c2cccs2)C(CN)C1. The molecule has 21 heavy (non-hydrogen) atoms. The largest absolute Gasteiger partial charge is 0.337 e. The maximum atomic E-state index is 12.4. The lowest BCUT2D eigenvalue weighted by Gasteiger charge is -2.38. The van der Waals surface area contributed by atoms with Crippen LogP contribution >= 0.6 is 11.3 Å². The van der Waals surface area contributed by atoms with Gasteiger partial charge in [-0.05, 0) is 30.2 Å². The van der Waals surface area contributed by atoms with E-state index in [0.29, 0.717) is 17.3 Å². The fourth-order valence-corrected chi connectivity index (χ4v) is 3.47. The molecule has 0 spiro atoms. The molecule has 2 heterocycles. The second-order valence-electron chi connectivity index (χ2n) is 5.74. The van der Waals surface area contributed by atoms with Crippen molar-refractivity contribution in [3.05, 3.63) is 22.4 Å². The van der Waals surface area contributed by atoms with Gasteiger partial charge in [0.25, 0.3) is 5.91 Å². The summed E-state index contributed by atoms with van der Waals surface area (Å²) in [4.78, 5) is 28.6. The number of likely N-dealkylation sites (tertiary alicyclic amines) is 1. The number of nitrogens with zero attached hydrogens (tertiary/aromatic N) is 2. The number of hydrogen-bond acceptors (Lipinski definition) is 4. The second-order valence-corrected chi connectivity index (χ2v) is 6.69. The molecule has 1 aliphatic heterocycles. The van der Waals surface area contributed by atoms with E-state index >= 15 is 0 Å². The first-order valence-electron chi connectivity index (χ1n) is 7.31. The number of rotatable bonds is 4. The highest BCUT2D eigenvalue weighted by atomic mass is 32.1. The van der Waals surface area contributed by atoms with Crippen molar-refractivity contribution in [2.75, 3.05) is 26.7 Å². The molecule has 2 rings (SSSR count). The summed E-state index contributed by atoms with van der Waals surface area (Å²) < 4.78 is 0. The molecule has 1 saturated heterocycles. The van der Waals surface area contributed by atoms with Gasteiger partial charge < -0.3 is 15.5 Å². The fraction of sp³-hybridized carbons (Fsp3) is 0.600. The molecule has 0 radical (unpaired) electrons. The van der Waals surface area contributed by atoms with Gasteiger partial charge in [-0.3, -0.25) is 9.59 Å². The number of nitrogens with two attached hydrogens (primary N) is 1. The van der Waals surface area contributed by atoms with Gasteiger partial charge in [-0.25, -0.2) is 0 Å². The Hall–Kier alpha value is -1.40. The third-order valence-corrected chi connectivity index (χ3v) is 4.88. The van der Waals surface area contributed by atoms with Crippen LogP contribution in [0, 0.1) is 5.92 Å². The minimum absolute atomic E-state index is 0.00949. The average Bonchev–Trinajstić information content (AvgIpc) is 3.00. The van der Waals surface area contributed by atoms with Crippen molar-refractivity contribution in [3.8, 4) is 0 Å². The van der Waals surface area contributed by atoms with Crippen LogP contribution in [0.25, 0.3) is 0 Å². The zero-order valence-electron chi connectivity index (χ0n) is 12.6. The molecule has 6 heteroatoms. The van der Waals surface area contributed by atoms with E-state index < -0.39 is 0 Å². The molecule has 1 aliphatic rings. The average molecular weight is 309 g/mol. The fourth-order valence-electron chi connectivity index (χ4n) is 2.76. The molecule has 1 aromatic rings. The summed E-state index contributed by atoms with van der Waals surface area (Å²) in [5, 5.41) is 1.86. The van der Waals surface area contributed by atoms with Crippen molar-refractivity contribution in [1.82, 2.24) is 9.80 Å². The summed E-state index contributed by atoms with van der Waals surface area (Å²) in [6.07, 6.45) is 1.95.